The van der Waals surface area contributed by atoms with E-state index >= 15 is 0 Å². The highest BCUT2D eigenvalue weighted by Gasteiger charge is 2.14. The highest BCUT2D eigenvalue weighted by molar-refractivity contribution is 14.1. The molecule has 3 N–H and O–H groups in total. The Bertz CT molecular complexity index is 513. The van der Waals surface area contributed by atoms with Crippen molar-refractivity contribution in [3.8, 4) is 11.5 Å². The molecule has 116 valence electrons. The number of carbonyl (C=O) groups excluding carboxylic acids is 1. The number of phenols is 2. The van der Waals surface area contributed by atoms with Gasteiger partial charge in [0.15, 0.2) is 34.5 Å². The first kappa shape index (κ1) is 18.3. The number of carbonyl (C=O) groups is 1. The molecule has 8 heteroatoms. The number of aromatic hydroxyl groups is 2. The van der Waals surface area contributed by atoms with Crippen LogP contribution in [0.15, 0.2) is 18.2 Å². The zero-order valence-corrected chi connectivity index (χ0v) is 15.1. The first-order chi connectivity index (χ1) is 9.93. The minimum Gasteiger partial charge on any atom is -0.504 e. The molecule has 0 aliphatic rings. The molecular formula is C13H16INO4S2. The van der Waals surface area contributed by atoms with Gasteiger partial charge in [0.1, 0.15) is 4.32 Å². The third-order valence-corrected chi connectivity index (χ3v) is 4.67. The molecule has 1 aromatic rings. The Balaban J connectivity index is 2.27. The van der Waals surface area contributed by atoms with Crippen molar-refractivity contribution in [2.45, 2.75) is 13.3 Å². The Labute approximate surface area is 147 Å². The molecule has 0 aromatic heterocycles. The van der Waals surface area contributed by atoms with Gasteiger partial charge in [0.2, 0.25) is 0 Å². The maximum Gasteiger partial charge on any atom is 0.318 e. The second-order valence-corrected chi connectivity index (χ2v) is 6.53. The number of hydrogen-bond donors (Lipinski definition) is 3. The zero-order valence-electron chi connectivity index (χ0n) is 11.3. The molecule has 5 nitrogen and oxygen atoms in total. The smallest absolute Gasteiger partial charge is 0.318 e. The average Bonchev–Trinajstić information content (AvgIpc) is 2.47. The Morgan fingerprint density at radius 1 is 1.48 bits per heavy atom. The molecule has 0 saturated carbocycles. The largest absolute Gasteiger partial charge is 0.504 e. The fourth-order valence-electron chi connectivity index (χ4n) is 1.43. The summed E-state index contributed by atoms with van der Waals surface area (Å²) in [6.07, 6.45) is 0.667. The van der Waals surface area contributed by atoms with E-state index in [0.29, 0.717) is 23.0 Å². The highest BCUT2D eigenvalue weighted by Crippen LogP contribution is 2.24. The van der Waals surface area contributed by atoms with E-state index in [1.807, 2.05) is 0 Å². The van der Waals surface area contributed by atoms with Crippen LogP contribution >= 0.6 is 47.0 Å². The monoisotopic (exact) mass is 441 g/mol. The summed E-state index contributed by atoms with van der Waals surface area (Å²) in [5.74, 6) is -0.163. The summed E-state index contributed by atoms with van der Waals surface area (Å²) < 4.78 is 5.23. The van der Waals surface area contributed by atoms with Crippen molar-refractivity contribution in [2.75, 3.05) is 12.3 Å². The molecule has 0 amide bonds. The molecule has 0 fully saturated rings. The number of thiocarbonyl (C=S) groups is 1. The van der Waals surface area contributed by atoms with Crippen LogP contribution < -0.4 is 5.32 Å². The van der Waals surface area contributed by atoms with Crippen molar-refractivity contribution in [3.63, 3.8) is 0 Å². The van der Waals surface area contributed by atoms with Gasteiger partial charge in [-0.25, -0.2) is 0 Å². The summed E-state index contributed by atoms with van der Waals surface area (Å²) >= 11 is 8.14. The molecule has 1 atom stereocenters. The number of rotatable bonds is 6. The number of hydrogen-bond acceptors (Lipinski definition) is 6. The van der Waals surface area contributed by atoms with Crippen LogP contribution in [0.2, 0.25) is 0 Å². The first-order valence-electron chi connectivity index (χ1n) is 6.18. The molecule has 21 heavy (non-hydrogen) atoms. The van der Waals surface area contributed by atoms with Crippen molar-refractivity contribution < 1.29 is 18.1 Å². The minimum atomic E-state index is -0.259. The lowest BCUT2D eigenvalue weighted by atomic mass is 10.1. The van der Waals surface area contributed by atoms with Gasteiger partial charge in [-0.1, -0.05) is 37.0 Å². The van der Waals surface area contributed by atoms with Gasteiger partial charge >= 0.3 is 5.97 Å². The predicted molar refractivity (Wildman–Crippen MR) is 95.8 cm³/mol. The van der Waals surface area contributed by atoms with Crippen LogP contribution in [0.1, 0.15) is 12.5 Å². The minimum absolute atomic E-state index is 0.129. The molecule has 0 radical (unpaired) electrons. The highest BCUT2D eigenvalue weighted by atomic mass is 127. The van der Waals surface area contributed by atoms with Crippen LogP contribution in [-0.2, 0) is 14.3 Å². The Hall–Kier alpha value is -0.740. The lowest BCUT2D eigenvalue weighted by Crippen LogP contribution is -2.23. The summed E-state index contributed by atoms with van der Waals surface area (Å²) in [4.78, 5) is 11.2. The summed E-state index contributed by atoms with van der Waals surface area (Å²) in [5.41, 5.74) is 0.896. The Morgan fingerprint density at radius 3 is 2.81 bits per heavy atom. The molecule has 1 rings (SSSR count). The zero-order chi connectivity index (χ0) is 15.8. The Morgan fingerprint density at radius 2 is 2.19 bits per heavy atom. The van der Waals surface area contributed by atoms with Crippen LogP contribution in [0.5, 0.6) is 11.5 Å². The summed E-state index contributed by atoms with van der Waals surface area (Å²) in [7, 11) is 0. The van der Waals surface area contributed by atoms with Crippen molar-refractivity contribution in [1.82, 2.24) is 5.32 Å². The third-order valence-electron chi connectivity index (χ3n) is 2.67. The number of thioether (sulfide) groups is 1. The topological polar surface area (TPSA) is 78.8 Å². The van der Waals surface area contributed by atoms with Crippen LogP contribution in [0, 0.1) is 5.92 Å². The lowest BCUT2D eigenvalue weighted by molar-refractivity contribution is -0.134. The number of nitrogens with one attached hydrogen (secondary N) is 1. The van der Waals surface area contributed by atoms with E-state index in [-0.39, 0.29) is 23.4 Å². The molecule has 0 saturated heterocycles. The van der Waals surface area contributed by atoms with Crippen LogP contribution in [0.4, 0.5) is 0 Å². The molecule has 0 bridgehead atoms. The van der Waals surface area contributed by atoms with E-state index in [9.17, 15) is 15.0 Å². The van der Waals surface area contributed by atoms with E-state index in [1.54, 1.807) is 36.0 Å². The van der Waals surface area contributed by atoms with E-state index in [1.165, 1.54) is 23.9 Å². The van der Waals surface area contributed by atoms with E-state index in [0.717, 1.165) is 5.56 Å². The number of halogens is 1. The van der Waals surface area contributed by atoms with Crippen LogP contribution in [0.25, 0.3) is 0 Å². The van der Waals surface area contributed by atoms with Gasteiger partial charge in [-0.15, -0.1) is 0 Å². The normalized spacial score (nSPS) is 11.7. The standard InChI is InChI=1S/C13H16INO4S2/c1-8(12(18)19-14)7-21-13(20)15-5-4-9-2-3-10(16)11(17)6-9/h2-3,6,8,16-17H,4-5,7H2,1H3,(H,15,20). The summed E-state index contributed by atoms with van der Waals surface area (Å²) in [6.45, 7) is 2.40. The second-order valence-electron chi connectivity index (χ2n) is 4.40. The van der Waals surface area contributed by atoms with E-state index < -0.39 is 0 Å². The van der Waals surface area contributed by atoms with Gasteiger partial charge in [-0.3, -0.25) is 4.79 Å². The Kier molecular flexibility index (Phi) is 8.12. The molecule has 0 aliphatic carbocycles. The average molecular weight is 441 g/mol. The molecule has 1 aromatic carbocycles. The molecular weight excluding hydrogens is 425 g/mol. The maximum absolute atomic E-state index is 11.2. The van der Waals surface area contributed by atoms with Crippen molar-refractivity contribution >= 4 is 57.3 Å². The van der Waals surface area contributed by atoms with Crippen LogP contribution in [-0.4, -0.2) is 32.8 Å². The number of benzene rings is 1. The first-order valence-corrected chi connectivity index (χ1v) is 8.45. The van der Waals surface area contributed by atoms with Gasteiger partial charge in [0, 0.05) is 12.3 Å². The van der Waals surface area contributed by atoms with E-state index in [4.69, 9.17) is 12.2 Å². The second kappa shape index (κ2) is 9.31. The number of phenolic OH excluding ortho intramolecular Hbond substituents is 2. The SMILES string of the molecule is CC(CSC(=S)NCCc1ccc(O)c(O)c1)C(=O)OI. The molecule has 0 aliphatic heterocycles. The third kappa shape index (κ3) is 6.70. The predicted octanol–water partition coefficient (Wildman–Crippen LogP) is 2.78. The van der Waals surface area contributed by atoms with Gasteiger partial charge in [-0.2, -0.15) is 0 Å². The fourth-order valence-corrected chi connectivity index (χ4v) is 2.91. The van der Waals surface area contributed by atoms with Crippen LogP contribution in [0.3, 0.4) is 0 Å². The summed E-state index contributed by atoms with van der Waals surface area (Å²) in [6, 6.07) is 4.71. The van der Waals surface area contributed by atoms with Crippen molar-refractivity contribution in [2.24, 2.45) is 5.92 Å². The molecule has 1 unspecified atom stereocenters. The van der Waals surface area contributed by atoms with Gasteiger partial charge in [0.05, 0.1) is 5.92 Å². The van der Waals surface area contributed by atoms with Crippen molar-refractivity contribution in [1.29, 1.82) is 0 Å². The van der Waals surface area contributed by atoms with Gasteiger partial charge < -0.3 is 18.6 Å². The van der Waals surface area contributed by atoms with Gasteiger partial charge in [-0.05, 0) is 24.1 Å². The van der Waals surface area contributed by atoms with Gasteiger partial charge in [0.25, 0.3) is 0 Å². The van der Waals surface area contributed by atoms with E-state index in [2.05, 4.69) is 8.38 Å². The fraction of sp³-hybridized carbons (Fsp3) is 0.385. The van der Waals surface area contributed by atoms with Crippen molar-refractivity contribution in [3.05, 3.63) is 23.8 Å². The molecule has 0 spiro atoms. The quantitative estimate of drug-likeness (QED) is 0.356. The summed E-state index contributed by atoms with van der Waals surface area (Å²) in [5, 5.41) is 21.7. The maximum atomic E-state index is 11.2. The lowest BCUT2D eigenvalue weighted by Gasteiger charge is -2.10. The molecule has 0 heterocycles.